The van der Waals surface area contributed by atoms with Crippen LogP contribution in [0.2, 0.25) is 0 Å². The number of carbonyl (C=O) groups excluding carboxylic acids is 1. The number of furan rings is 1. The van der Waals surface area contributed by atoms with Gasteiger partial charge in [-0.3, -0.25) is 4.79 Å². The van der Waals surface area contributed by atoms with Gasteiger partial charge in [-0.05, 0) is 12.1 Å². The highest BCUT2D eigenvalue weighted by atomic mass is 16.5. The average molecular weight is 359 g/mol. The van der Waals surface area contributed by atoms with Crippen molar-refractivity contribution < 1.29 is 13.7 Å². The Morgan fingerprint density at radius 1 is 1.11 bits per heavy atom. The zero-order valence-electron chi connectivity index (χ0n) is 14.0. The maximum atomic E-state index is 11.1. The first-order valence-electron chi connectivity index (χ1n) is 8.25. The third kappa shape index (κ3) is 2.46. The van der Waals surface area contributed by atoms with Crippen LogP contribution in [0.5, 0.6) is 0 Å². The quantitative estimate of drug-likeness (QED) is 0.528. The van der Waals surface area contributed by atoms with Crippen molar-refractivity contribution in [2.45, 2.75) is 6.54 Å². The molecule has 0 bridgehead atoms. The molecule has 3 aromatic heterocycles. The molecule has 3 heterocycles. The summed E-state index contributed by atoms with van der Waals surface area (Å²) in [7, 11) is 0. The van der Waals surface area contributed by atoms with Crippen LogP contribution in [0.15, 0.2) is 63.8 Å². The second-order valence-electron chi connectivity index (χ2n) is 6.04. The van der Waals surface area contributed by atoms with Gasteiger partial charge in [0.2, 0.25) is 5.89 Å². The number of aromatic nitrogens is 4. The summed E-state index contributed by atoms with van der Waals surface area (Å²) >= 11 is 0. The van der Waals surface area contributed by atoms with Gasteiger partial charge in [0.05, 0.1) is 5.56 Å². The van der Waals surface area contributed by atoms with Gasteiger partial charge in [0.25, 0.3) is 11.7 Å². The molecule has 2 aromatic carbocycles. The predicted molar refractivity (Wildman–Crippen MR) is 96.9 cm³/mol. The largest absolute Gasteiger partial charge is 0.455 e. The zero-order valence-corrected chi connectivity index (χ0v) is 14.0. The number of hydrogen-bond donors (Lipinski definition) is 1. The molecule has 0 spiro atoms. The van der Waals surface area contributed by atoms with Gasteiger partial charge in [0, 0.05) is 23.2 Å². The fraction of sp³-hybridized carbons (Fsp3) is 0.0526. The van der Waals surface area contributed by atoms with E-state index in [1.165, 1.54) is 0 Å². The van der Waals surface area contributed by atoms with Crippen molar-refractivity contribution in [3.05, 3.63) is 66.6 Å². The molecule has 0 fully saturated rings. The summed E-state index contributed by atoms with van der Waals surface area (Å²) in [5, 5.41) is 5.64. The van der Waals surface area contributed by atoms with Crippen molar-refractivity contribution in [3.63, 3.8) is 0 Å². The lowest BCUT2D eigenvalue weighted by Crippen LogP contribution is -2.13. The minimum absolute atomic E-state index is 0.147. The fourth-order valence-electron chi connectivity index (χ4n) is 3.17. The molecule has 5 rings (SSSR count). The third-order valence-electron chi connectivity index (χ3n) is 4.35. The van der Waals surface area contributed by atoms with E-state index < -0.39 is 5.91 Å². The molecule has 8 nitrogen and oxygen atoms in total. The Hall–Kier alpha value is -3.94. The summed E-state index contributed by atoms with van der Waals surface area (Å²) in [6.45, 7) is 0.256. The number of carbonyl (C=O) groups is 1. The molecule has 1 amide bonds. The van der Waals surface area contributed by atoms with E-state index in [-0.39, 0.29) is 18.3 Å². The number of imidazole rings is 1. The highest BCUT2D eigenvalue weighted by Gasteiger charge is 2.17. The average Bonchev–Trinajstić information content (AvgIpc) is 3.39. The Labute approximate surface area is 152 Å². The molecule has 0 radical (unpaired) electrons. The molecule has 0 unspecified atom stereocenters. The van der Waals surface area contributed by atoms with Crippen LogP contribution in [0.4, 0.5) is 0 Å². The molecule has 132 valence electrons. The van der Waals surface area contributed by atoms with Gasteiger partial charge in [0.15, 0.2) is 0 Å². The Bertz CT molecular complexity index is 1300. The monoisotopic (exact) mass is 359 g/mol. The number of nitrogens with zero attached hydrogens (tertiary/aromatic N) is 4. The minimum Gasteiger partial charge on any atom is -0.455 e. The first-order valence-corrected chi connectivity index (χ1v) is 8.25. The predicted octanol–water partition coefficient (Wildman–Crippen LogP) is 2.98. The van der Waals surface area contributed by atoms with Crippen LogP contribution in [0.25, 0.3) is 33.3 Å². The molecular weight excluding hydrogens is 346 g/mol. The van der Waals surface area contributed by atoms with E-state index in [1.807, 2.05) is 47.0 Å². The maximum absolute atomic E-state index is 11.1. The molecule has 27 heavy (non-hydrogen) atoms. The molecule has 2 N–H and O–H groups in total. The van der Waals surface area contributed by atoms with E-state index in [9.17, 15) is 4.79 Å². The van der Waals surface area contributed by atoms with Gasteiger partial charge < -0.3 is 19.2 Å². The van der Waals surface area contributed by atoms with Crippen LogP contribution in [0, 0.1) is 0 Å². The number of amides is 1. The number of para-hydroxylation sites is 2. The van der Waals surface area contributed by atoms with Gasteiger partial charge in [-0.15, -0.1) is 0 Å². The first kappa shape index (κ1) is 15.3. The number of benzene rings is 2. The van der Waals surface area contributed by atoms with Crippen molar-refractivity contribution in [1.29, 1.82) is 0 Å². The zero-order chi connectivity index (χ0) is 18.4. The highest BCUT2D eigenvalue weighted by molar-refractivity contribution is 6.09. The second kappa shape index (κ2) is 5.80. The lowest BCUT2D eigenvalue weighted by Gasteiger charge is -2.05. The Morgan fingerprint density at radius 3 is 2.81 bits per heavy atom. The van der Waals surface area contributed by atoms with E-state index in [2.05, 4.69) is 15.1 Å². The van der Waals surface area contributed by atoms with Gasteiger partial charge >= 0.3 is 0 Å². The van der Waals surface area contributed by atoms with E-state index in [0.29, 0.717) is 5.82 Å². The summed E-state index contributed by atoms with van der Waals surface area (Å²) in [5.41, 5.74) is 7.59. The Morgan fingerprint density at radius 2 is 1.96 bits per heavy atom. The van der Waals surface area contributed by atoms with E-state index >= 15 is 0 Å². The SMILES string of the molecule is NC(=O)c1noc(Cn2ccnc2-c2cccc3c2oc2ccccc23)n1. The smallest absolute Gasteiger partial charge is 0.290 e. The fourth-order valence-corrected chi connectivity index (χ4v) is 3.17. The van der Waals surface area contributed by atoms with Crippen LogP contribution < -0.4 is 5.73 Å². The summed E-state index contributed by atoms with van der Waals surface area (Å²) in [5.74, 6) is 0.0762. The van der Waals surface area contributed by atoms with Crippen molar-refractivity contribution in [2.75, 3.05) is 0 Å². The summed E-state index contributed by atoms with van der Waals surface area (Å²) in [6, 6.07) is 13.8. The maximum Gasteiger partial charge on any atom is 0.290 e. The normalized spacial score (nSPS) is 11.4. The van der Waals surface area contributed by atoms with Crippen molar-refractivity contribution in [1.82, 2.24) is 19.7 Å². The highest BCUT2D eigenvalue weighted by Crippen LogP contribution is 2.35. The number of rotatable bonds is 4. The van der Waals surface area contributed by atoms with Crippen molar-refractivity contribution >= 4 is 27.8 Å². The molecule has 5 aromatic rings. The summed E-state index contributed by atoms with van der Waals surface area (Å²) < 4.78 is 13.0. The molecule has 0 aliphatic heterocycles. The van der Waals surface area contributed by atoms with E-state index in [4.69, 9.17) is 14.7 Å². The van der Waals surface area contributed by atoms with Crippen LogP contribution >= 0.6 is 0 Å². The van der Waals surface area contributed by atoms with E-state index in [0.717, 1.165) is 27.5 Å². The van der Waals surface area contributed by atoms with Gasteiger partial charge in [-0.1, -0.05) is 35.5 Å². The third-order valence-corrected chi connectivity index (χ3v) is 4.35. The summed E-state index contributed by atoms with van der Waals surface area (Å²) in [6.07, 6.45) is 3.48. The number of nitrogens with two attached hydrogens (primary N) is 1. The molecule has 0 aliphatic carbocycles. The lowest BCUT2D eigenvalue weighted by molar-refractivity contribution is 0.0987. The van der Waals surface area contributed by atoms with Crippen LogP contribution in [-0.2, 0) is 6.54 Å². The number of hydrogen-bond acceptors (Lipinski definition) is 6. The van der Waals surface area contributed by atoms with Gasteiger partial charge in [-0.25, -0.2) is 4.98 Å². The summed E-state index contributed by atoms with van der Waals surface area (Å²) in [4.78, 5) is 19.6. The molecule has 0 aliphatic rings. The van der Waals surface area contributed by atoms with Crippen LogP contribution in [-0.4, -0.2) is 25.6 Å². The van der Waals surface area contributed by atoms with E-state index in [1.54, 1.807) is 12.4 Å². The first-order chi connectivity index (χ1) is 13.2. The molecule has 0 saturated carbocycles. The molecule has 0 atom stereocenters. The van der Waals surface area contributed by atoms with Crippen molar-refractivity contribution in [2.24, 2.45) is 5.73 Å². The Balaban J connectivity index is 1.61. The minimum atomic E-state index is -0.733. The Kier molecular flexibility index (Phi) is 3.29. The van der Waals surface area contributed by atoms with Crippen molar-refractivity contribution in [3.8, 4) is 11.4 Å². The van der Waals surface area contributed by atoms with Crippen LogP contribution in [0.3, 0.4) is 0 Å². The topological polar surface area (TPSA) is 113 Å². The lowest BCUT2D eigenvalue weighted by atomic mass is 10.1. The standard InChI is InChI=1S/C19H13N5O3/c20-17(25)18-22-15(27-23-18)10-24-9-8-21-19(24)13-6-3-5-12-11-4-1-2-7-14(11)26-16(12)13/h1-9H,10H2,(H2,20,25). The number of fused-ring (bicyclic) bond motifs is 3. The molecule has 8 heteroatoms. The van der Waals surface area contributed by atoms with Gasteiger partial charge in [0.1, 0.15) is 23.5 Å². The van der Waals surface area contributed by atoms with Gasteiger partial charge in [-0.2, -0.15) is 4.98 Å². The van der Waals surface area contributed by atoms with Crippen LogP contribution in [0.1, 0.15) is 16.5 Å². The molecular formula is C19H13N5O3. The number of primary amides is 1. The molecule has 0 saturated heterocycles. The second-order valence-corrected chi connectivity index (χ2v) is 6.04.